The number of aromatic nitrogens is 1. The number of benzene rings is 1. The molecule has 0 radical (unpaired) electrons. The Bertz CT molecular complexity index is 623. The topological polar surface area (TPSA) is 54.5 Å². The van der Waals surface area contributed by atoms with Crippen LogP contribution in [0.15, 0.2) is 35.7 Å². The van der Waals surface area contributed by atoms with Crippen LogP contribution in [0.4, 0.5) is 4.79 Å². The van der Waals surface area contributed by atoms with Gasteiger partial charge in [-0.05, 0) is 6.92 Å². The number of nitrogens with zero attached hydrogens (tertiary/aromatic N) is 2. The van der Waals surface area contributed by atoms with E-state index in [1.165, 1.54) is 0 Å². The fourth-order valence-corrected chi connectivity index (χ4v) is 3.17. The summed E-state index contributed by atoms with van der Waals surface area (Å²) in [6.07, 6.45) is 0. The molecule has 1 aliphatic heterocycles. The minimum atomic E-state index is -0.0993. The van der Waals surface area contributed by atoms with Crippen molar-refractivity contribution in [2.24, 2.45) is 0 Å². The summed E-state index contributed by atoms with van der Waals surface area (Å²) in [6, 6.07) is 9.91. The zero-order chi connectivity index (χ0) is 15.4. The number of thiazole rings is 1. The van der Waals surface area contributed by atoms with E-state index in [0.717, 1.165) is 16.3 Å². The van der Waals surface area contributed by atoms with Gasteiger partial charge >= 0.3 is 6.03 Å². The second-order valence-corrected chi connectivity index (χ2v) is 6.10. The molecule has 1 aliphatic rings. The maximum absolute atomic E-state index is 12.2. The summed E-state index contributed by atoms with van der Waals surface area (Å²) >= 11 is 1.57. The Labute approximate surface area is 133 Å². The normalized spacial score (nSPS) is 16.3. The number of rotatable bonds is 3. The van der Waals surface area contributed by atoms with Gasteiger partial charge in [-0.25, -0.2) is 9.78 Å². The molecule has 0 saturated carbocycles. The molecule has 1 unspecified atom stereocenters. The average Bonchev–Trinajstić information content (AvgIpc) is 3.06. The smallest absolute Gasteiger partial charge is 0.318 e. The van der Waals surface area contributed by atoms with Gasteiger partial charge in [-0.3, -0.25) is 0 Å². The van der Waals surface area contributed by atoms with Crippen LogP contribution in [0.1, 0.15) is 18.0 Å². The van der Waals surface area contributed by atoms with Gasteiger partial charge in [0, 0.05) is 24.0 Å². The van der Waals surface area contributed by atoms with Crippen LogP contribution in [-0.4, -0.2) is 42.2 Å². The highest BCUT2D eigenvalue weighted by Crippen LogP contribution is 2.25. The molecule has 2 heterocycles. The number of amides is 2. The Morgan fingerprint density at radius 1 is 1.32 bits per heavy atom. The third-order valence-corrected chi connectivity index (χ3v) is 4.63. The first-order valence-corrected chi connectivity index (χ1v) is 8.26. The van der Waals surface area contributed by atoms with Gasteiger partial charge in [0.15, 0.2) is 0 Å². The van der Waals surface area contributed by atoms with Gasteiger partial charge in [0.25, 0.3) is 0 Å². The van der Waals surface area contributed by atoms with Crippen molar-refractivity contribution >= 4 is 17.4 Å². The number of nitrogens with one attached hydrogen (secondary N) is 1. The Hall–Kier alpha value is -1.92. The predicted octanol–water partition coefficient (Wildman–Crippen LogP) is 2.91. The summed E-state index contributed by atoms with van der Waals surface area (Å²) in [5.74, 6) is 0. The molecule has 1 N–H and O–H groups in total. The molecule has 1 aromatic heterocycles. The van der Waals surface area contributed by atoms with Crippen molar-refractivity contribution in [1.29, 1.82) is 0 Å². The zero-order valence-electron chi connectivity index (χ0n) is 12.5. The lowest BCUT2D eigenvalue weighted by Crippen LogP contribution is -2.46. The molecule has 1 aromatic carbocycles. The predicted molar refractivity (Wildman–Crippen MR) is 86.9 cm³/mol. The van der Waals surface area contributed by atoms with Crippen LogP contribution >= 0.6 is 11.3 Å². The minimum Gasteiger partial charge on any atom is -0.378 e. The lowest BCUT2D eigenvalue weighted by atomic mass is 10.2. The van der Waals surface area contributed by atoms with Gasteiger partial charge < -0.3 is 15.0 Å². The number of hydrogen-bond acceptors (Lipinski definition) is 4. The lowest BCUT2D eigenvalue weighted by molar-refractivity contribution is 0.0526. The summed E-state index contributed by atoms with van der Waals surface area (Å²) < 4.78 is 5.26. The van der Waals surface area contributed by atoms with Crippen LogP contribution < -0.4 is 5.32 Å². The second-order valence-electron chi connectivity index (χ2n) is 5.21. The summed E-state index contributed by atoms with van der Waals surface area (Å²) in [7, 11) is 0. The summed E-state index contributed by atoms with van der Waals surface area (Å²) in [4.78, 5) is 18.6. The second kappa shape index (κ2) is 6.89. The van der Waals surface area contributed by atoms with Crippen molar-refractivity contribution < 1.29 is 9.53 Å². The summed E-state index contributed by atoms with van der Waals surface area (Å²) in [5, 5.41) is 5.96. The molecule has 6 heteroatoms. The Morgan fingerprint density at radius 3 is 2.77 bits per heavy atom. The Kier molecular flexibility index (Phi) is 4.70. The first kappa shape index (κ1) is 15.0. The largest absolute Gasteiger partial charge is 0.378 e. The third-order valence-electron chi connectivity index (χ3n) is 3.60. The Balaban J connectivity index is 1.64. The van der Waals surface area contributed by atoms with Gasteiger partial charge in [0.1, 0.15) is 5.01 Å². The van der Waals surface area contributed by atoms with Crippen LogP contribution in [0.3, 0.4) is 0 Å². The quantitative estimate of drug-likeness (QED) is 0.947. The average molecular weight is 317 g/mol. The van der Waals surface area contributed by atoms with Crippen LogP contribution in [0, 0.1) is 0 Å². The highest BCUT2D eigenvalue weighted by atomic mass is 32.1. The number of carbonyl (C=O) groups is 1. The van der Waals surface area contributed by atoms with Crippen molar-refractivity contribution in [3.63, 3.8) is 0 Å². The van der Waals surface area contributed by atoms with Gasteiger partial charge in [-0.1, -0.05) is 30.3 Å². The number of carbonyl (C=O) groups excluding carboxylic acids is 1. The SMILES string of the molecule is CC(NC(=O)N1CCOCC1)c1nc(-c2ccccc2)cs1. The van der Waals surface area contributed by atoms with Crippen molar-refractivity contribution in [1.82, 2.24) is 15.2 Å². The van der Waals surface area contributed by atoms with E-state index in [4.69, 9.17) is 4.74 Å². The van der Waals surface area contributed by atoms with Crippen molar-refractivity contribution in [2.45, 2.75) is 13.0 Å². The monoisotopic (exact) mass is 317 g/mol. The maximum atomic E-state index is 12.2. The van der Waals surface area contributed by atoms with Crippen molar-refractivity contribution in [3.05, 3.63) is 40.7 Å². The lowest BCUT2D eigenvalue weighted by Gasteiger charge is -2.28. The van der Waals surface area contributed by atoms with E-state index < -0.39 is 0 Å². The first-order chi connectivity index (χ1) is 10.7. The number of urea groups is 1. The fourth-order valence-electron chi connectivity index (χ4n) is 2.33. The molecule has 0 bridgehead atoms. The standard InChI is InChI=1S/C16H19N3O2S/c1-12(17-16(20)19-7-9-21-10-8-19)15-18-14(11-22-15)13-5-3-2-4-6-13/h2-6,11-12H,7-10H2,1H3,(H,17,20). The Morgan fingerprint density at radius 2 is 2.05 bits per heavy atom. The molecular formula is C16H19N3O2S. The van der Waals surface area contributed by atoms with E-state index >= 15 is 0 Å². The highest BCUT2D eigenvalue weighted by Gasteiger charge is 2.20. The number of ether oxygens (including phenoxy) is 1. The van der Waals surface area contributed by atoms with E-state index in [2.05, 4.69) is 10.3 Å². The van der Waals surface area contributed by atoms with Crippen LogP contribution in [0.25, 0.3) is 11.3 Å². The fraction of sp³-hybridized carbons (Fsp3) is 0.375. The molecule has 1 atom stereocenters. The highest BCUT2D eigenvalue weighted by molar-refractivity contribution is 7.10. The molecule has 22 heavy (non-hydrogen) atoms. The number of hydrogen-bond donors (Lipinski definition) is 1. The summed E-state index contributed by atoms with van der Waals surface area (Å²) in [5.41, 5.74) is 2.05. The zero-order valence-corrected chi connectivity index (χ0v) is 13.3. The molecule has 1 fully saturated rings. The molecule has 2 amide bonds. The summed E-state index contributed by atoms with van der Waals surface area (Å²) in [6.45, 7) is 4.47. The van der Waals surface area contributed by atoms with E-state index in [0.29, 0.717) is 26.3 Å². The molecular weight excluding hydrogens is 298 g/mol. The maximum Gasteiger partial charge on any atom is 0.318 e. The molecule has 1 saturated heterocycles. The molecule has 2 aromatic rings. The van der Waals surface area contributed by atoms with Gasteiger partial charge in [-0.15, -0.1) is 11.3 Å². The minimum absolute atomic E-state index is 0.0488. The van der Waals surface area contributed by atoms with Gasteiger partial charge in [-0.2, -0.15) is 0 Å². The van der Waals surface area contributed by atoms with Gasteiger partial charge in [0.05, 0.1) is 24.9 Å². The van der Waals surface area contributed by atoms with E-state index in [1.54, 1.807) is 16.2 Å². The first-order valence-electron chi connectivity index (χ1n) is 7.38. The van der Waals surface area contributed by atoms with Gasteiger partial charge in [0.2, 0.25) is 0 Å². The number of morpholine rings is 1. The van der Waals surface area contributed by atoms with Crippen molar-refractivity contribution in [2.75, 3.05) is 26.3 Å². The molecule has 0 aliphatic carbocycles. The van der Waals surface area contributed by atoms with Crippen molar-refractivity contribution in [3.8, 4) is 11.3 Å². The van der Waals surface area contributed by atoms with E-state index in [-0.39, 0.29) is 12.1 Å². The molecule has 5 nitrogen and oxygen atoms in total. The van der Waals surface area contributed by atoms with Crippen LogP contribution in [0.2, 0.25) is 0 Å². The van der Waals surface area contributed by atoms with E-state index in [9.17, 15) is 4.79 Å². The molecule has 116 valence electrons. The van der Waals surface area contributed by atoms with E-state index in [1.807, 2.05) is 42.6 Å². The van der Waals surface area contributed by atoms with Crippen LogP contribution in [-0.2, 0) is 4.74 Å². The molecule has 3 rings (SSSR count). The third kappa shape index (κ3) is 3.45. The van der Waals surface area contributed by atoms with Crippen LogP contribution in [0.5, 0.6) is 0 Å². The molecule has 0 spiro atoms.